The van der Waals surface area contributed by atoms with Crippen LogP contribution in [0.1, 0.15) is 12.5 Å². The van der Waals surface area contributed by atoms with Crippen molar-refractivity contribution in [2.24, 2.45) is 0 Å². The number of halogens is 1. The van der Waals surface area contributed by atoms with Gasteiger partial charge in [-0.15, -0.1) is 6.58 Å². The molecule has 0 radical (unpaired) electrons. The van der Waals surface area contributed by atoms with E-state index >= 15 is 0 Å². The van der Waals surface area contributed by atoms with Crippen LogP contribution in [-0.2, 0) is 6.04 Å². The van der Waals surface area contributed by atoms with Gasteiger partial charge in [0.15, 0.2) is 7.38 Å². The molecule has 0 amide bonds. The second kappa shape index (κ2) is 5.37. The van der Waals surface area contributed by atoms with Gasteiger partial charge in [-0.2, -0.15) is 11.1 Å². The average molecular weight is 225 g/mol. The summed E-state index contributed by atoms with van der Waals surface area (Å²) in [5.74, 6) is 0. The van der Waals surface area contributed by atoms with Crippen LogP contribution in [0.5, 0.6) is 0 Å². The molecule has 0 aliphatic heterocycles. The zero-order chi connectivity index (χ0) is 10.4. The molecule has 0 heterocycles. The Kier molecular flexibility index (Phi) is 4.43. The third kappa shape index (κ3) is 3.32. The highest BCUT2D eigenvalue weighted by molar-refractivity contribution is 7.20. The normalized spacial score (nSPS) is 14.7. The Morgan fingerprint density at radius 3 is 2.50 bits per heavy atom. The van der Waals surface area contributed by atoms with Gasteiger partial charge >= 0.3 is 0 Å². The lowest BCUT2D eigenvalue weighted by Crippen LogP contribution is -2.28. The van der Waals surface area contributed by atoms with Gasteiger partial charge in [-0.1, -0.05) is 43.3 Å². The molecule has 0 fully saturated rings. The molecule has 14 heavy (non-hydrogen) atoms. The Labute approximate surface area is 92.3 Å². The molecule has 2 heteroatoms. The summed E-state index contributed by atoms with van der Waals surface area (Å²) in [7, 11) is -1.61. The molecule has 0 nitrogen and oxygen atoms in total. The van der Waals surface area contributed by atoms with Crippen LogP contribution < -0.4 is 0 Å². The first-order valence-corrected chi connectivity index (χ1v) is 8.67. The zero-order valence-corrected chi connectivity index (χ0v) is 10.4. The lowest BCUT2D eigenvalue weighted by atomic mass is 10.2. The van der Waals surface area contributed by atoms with Crippen molar-refractivity contribution in [3.05, 3.63) is 48.6 Å². The topological polar surface area (TPSA) is 0 Å². The highest BCUT2D eigenvalue weighted by Gasteiger charge is 2.27. The Balaban J connectivity index is 2.70. The quantitative estimate of drug-likeness (QED) is 0.400. The van der Waals surface area contributed by atoms with Crippen molar-refractivity contribution in [1.82, 2.24) is 0 Å². The van der Waals surface area contributed by atoms with Crippen LogP contribution in [0.3, 0.4) is 0 Å². The first kappa shape index (κ1) is 11.5. The second-order valence-electron chi connectivity index (χ2n) is 3.66. The largest absolute Gasteiger partial charge is 0.166 e. The van der Waals surface area contributed by atoms with E-state index in [2.05, 4.69) is 37.8 Å². The van der Waals surface area contributed by atoms with Gasteiger partial charge in [-0.05, 0) is 23.7 Å². The molecule has 1 rings (SSSR count). The van der Waals surface area contributed by atoms with Crippen molar-refractivity contribution in [1.29, 1.82) is 0 Å². The molecule has 1 atom stereocenters. The van der Waals surface area contributed by atoms with Crippen LogP contribution in [0.2, 0.25) is 12.1 Å². The molecular weight excluding hydrogens is 208 g/mol. The van der Waals surface area contributed by atoms with Crippen LogP contribution in [-0.4, -0.2) is 7.38 Å². The summed E-state index contributed by atoms with van der Waals surface area (Å²) in [6.45, 7) is 5.97. The van der Waals surface area contributed by atoms with Crippen molar-refractivity contribution in [2.45, 2.75) is 25.1 Å². The maximum absolute atomic E-state index is 6.63. The van der Waals surface area contributed by atoms with Gasteiger partial charge in [-0.25, -0.2) is 0 Å². The van der Waals surface area contributed by atoms with E-state index < -0.39 is 7.38 Å². The van der Waals surface area contributed by atoms with Gasteiger partial charge in [0, 0.05) is 0 Å². The number of rotatable bonds is 5. The summed E-state index contributed by atoms with van der Waals surface area (Å²) >= 11 is 6.63. The fraction of sp³-hybridized carbons (Fsp3) is 0.333. The lowest BCUT2D eigenvalue weighted by molar-refractivity contribution is 1.24. The first-order valence-electron chi connectivity index (χ1n) is 5.04. The third-order valence-corrected chi connectivity index (χ3v) is 7.50. The lowest BCUT2D eigenvalue weighted by Gasteiger charge is -2.21. The minimum atomic E-state index is -1.61. The Morgan fingerprint density at radius 2 is 2.00 bits per heavy atom. The minimum absolute atomic E-state index is 1.000. The van der Waals surface area contributed by atoms with E-state index in [1.807, 2.05) is 12.1 Å². The van der Waals surface area contributed by atoms with Crippen LogP contribution in [0.25, 0.3) is 0 Å². The van der Waals surface area contributed by atoms with Crippen molar-refractivity contribution in [3.63, 3.8) is 0 Å². The maximum atomic E-state index is 6.63. The molecule has 76 valence electrons. The van der Waals surface area contributed by atoms with Gasteiger partial charge in [0.05, 0.1) is 0 Å². The van der Waals surface area contributed by atoms with E-state index in [4.69, 9.17) is 11.1 Å². The van der Waals surface area contributed by atoms with E-state index in [1.165, 1.54) is 5.56 Å². The molecule has 0 saturated heterocycles. The molecule has 1 unspecified atom stereocenters. The van der Waals surface area contributed by atoms with Crippen molar-refractivity contribution in [3.8, 4) is 0 Å². The molecule has 0 aromatic heterocycles. The van der Waals surface area contributed by atoms with Crippen LogP contribution in [0, 0.1) is 0 Å². The minimum Gasteiger partial charge on any atom is -0.166 e. The standard InChI is InChI=1S/C12H17ClSi/c1-3-10-14(13,4-2)11-12-8-6-5-7-9-12/h3,5-9H,1,4,10-11H2,2H3. The number of allylic oxidation sites excluding steroid dienone is 1. The smallest absolute Gasteiger partial charge is 0.164 e. The monoisotopic (exact) mass is 224 g/mol. The van der Waals surface area contributed by atoms with E-state index in [0.29, 0.717) is 0 Å². The molecule has 0 aliphatic rings. The van der Waals surface area contributed by atoms with Gasteiger partial charge in [0.25, 0.3) is 0 Å². The van der Waals surface area contributed by atoms with E-state index in [-0.39, 0.29) is 0 Å². The van der Waals surface area contributed by atoms with Crippen molar-refractivity contribution in [2.75, 3.05) is 0 Å². The summed E-state index contributed by atoms with van der Waals surface area (Å²) < 4.78 is 0. The first-order chi connectivity index (χ1) is 6.70. The Bertz CT molecular complexity index is 284. The number of hydrogen-bond acceptors (Lipinski definition) is 0. The van der Waals surface area contributed by atoms with E-state index in [0.717, 1.165) is 18.1 Å². The zero-order valence-electron chi connectivity index (χ0n) is 8.67. The number of benzene rings is 1. The predicted molar refractivity (Wildman–Crippen MR) is 67.2 cm³/mol. The van der Waals surface area contributed by atoms with E-state index in [9.17, 15) is 0 Å². The van der Waals surface area contributed by atoms with Crippen molar-refractivity contribution < 1.29 is 0 Å². The molecule has 1 aromatic carbocycles. The fourth-order valence-electron chi connectivity index (χ4n) is 1.56. The van der Waals surface area contributed by atoms with Crippen LogP contribution in [0.15, 0.2) is 43.0 Å². The fourth-order valence-corrected chi connectivity index (χ4v) is 4.52. The number of hydrogen-bond donors (Lipinski definition) is 0. The van der Waals surface area contributed by atoms with Crippen molar-refractivity contribution >= 4 is 18.5 Å². The molecule has 1 aromatic rings. The highest BCUT2D eigenvalue weighted by atomic mass is 35.6. The molecule has 0 bridgehead atoms. The van der Waals surface area contributed by atoms with Gasteiger partial charge in [0.2, 0.25) is 0 Å². The average Bonchev–Trinajstić information content (AvgIpc) is 2.20. The summed E-state index contributed by atoms with van der Waals surface area (Å²) in [5, 5.41) is 0. The summed E-state index contributed by atoms with van der Waals surface area (Å²) in [5.41, 5.74) is 1.36. The molecular formula is C12H17ClSi. The molecule has 0 spiro atoms. The summed E-state index contributed by atoms with van der Waals surface area (Å²) in [6.07, 6.45) is 1.96. The van der Waals surface area contributed by atoms with Gasteiger partial charge in [-0.3, -0.25) is 0 Å². The molecule has 0 aliphatic carbocycles. The molecule has 0 N–H and O–H groups in total. The predicted octanol–water partition coefficient (Wildman–Crippen LogP) is 4.16. The van der Waals surface area contributed by atoms with E-state index in [1.54, 1.807) is 0 Å². The SMILES string of the molecule is C=CC[Si](Cl)(CC)Cc1ccccc1. The highest BCUT2D eigenvalue weighted by Crippen LogP contribution is 2.25. The van der Waals surface area contributed by atoms with Gasteiger partial charge < -0.3 is 0 Å². The Morgan fingerprint density at radius 1 is 1.36 bits per heavy atom. The Hall–Kier alpha value is -0.533. The summed E-state index contributed by atoms with van der Waals surface area (Å²) in [4.78, 5) is 0. The third-order valence-electron chi connectivity index (χ3n) is 2.51. The summed E-state index contributed by atoms with van der Waals surface area (Å²) in [6, 6.07) is 13.7. The van der Waals surface area contributed by atoms with Crippen LogP contribution >= 0.6 is 11.1 Å². The molecule has 0 saturated carbocycles. The van der Waals surface area contributed by atoms with Gasteiger partial charge in [0.1, 0.15) is 0 Å². The van der Waals surface area contributed by atoms with Crippen LogP contribution in [0.4, 0.5) is 0 Å². The second-order valence-corrected chi connectivity index (χ2v) is 9.84. The maximum Gasteiger partial charge on any atom is 0.164 e.